The van der Waals surface area contributed by atoms with E-state index in [1.807, 2.05) is 6.07 Å². The molecule has 3 aromatic rings. The number of aromatic nitrogens is 1. The summed E-state index contributed by atoms with van der Waals surface area (Å²) < 4.78 is 5.39. The lowest BCUT2D eigenvalue weighted by atomic mass is 9.84. The number of nitrogens with one attached hydrogen (secondary N) is 2. The molecule has 0 saturated heterocycles. The summed E-state index contributed by atoms with van der Waals surface area (Å²) in [5.41, 5.74) is 0.708. The fourth-order valence-electron chi connectivity index (χ4n) is 3.29. The summed E-state index contributed by atoms with van der Waals surface area (Å²) in [4.78, 5) is 40.2. The van der Waals surface area contributed by atoms with E-state index in [4.69, 9.17) is 16.0 Å². The number of anilines is 1. The second-order valence-electron chi connectivity index (χ2n) is 6.41. The monoisotopic (exact) mass is 382 g/mol. The largest absolute Gasteiger partial charge is 0.469 e. The maximum absolute atomic E-state index is 12.6. The highest BCUT2D eigenvalue weighted by molar-refractivity contribution is 6.31. The Kier molecular flexibility index (Phi) is 4.41. The Bertz CT molecular complexity index is 1090. The minimum Gasteiger partial charge on any atom is -0.469 e. The standard InChI is InChI=1S/C20H15ClN2O4/c21-12-3-1-4-13(9-12)22-19(25)15-10-14-16(23-20(15)26)7-11(8-17(14)24)18-5-2-6-27-18/h1-6,9-11H,7-8H2,(H,22,25)(H,23,26)/t11-/m0/s1. The zero-order chi connectivity index (χ0) is 19.0. The number of fused-ring (bicyclic) bond motifs is 1. The summed E-state index contributed by atoms with van der Waals surface area (Å²) >= 11 is 5.90. The average molecular weight is 383 g/mol. The average Bonchev–Trinajstić information content (AvgIpc) is 3.15. The van der Waals surface area contributed by atoms with E-state index in [9.17, 15) is 14.4 Å². The molecule has 6 nitrogen and oxygen atoms in total. The van der Waals surface area contributed by atoms with Crippen LogP contribution in [0.3, 0.4) is 0 Å². The minimum absolute atomic E-state index is 0.112. The van der Waals surface area contributed by atoms with Crippen molar-refractivity contribution >= 4 is 29.0 Å². The number of H-pyrrole nitrogens is 1. The molecule has 1 aliphatic carbocycles. The van der Waals surface area contributed by atoms with Gasteiger partial charge in [0.15, 0.2) is 5.78 Å². The molecule has 1 aliphatic rings. The molecule has 2 N–H and O–H groups in total. The van der Waals surface area contributed by atoms with Gasteiger partial charge >= 0.3 is 0 Å². The van der Waals surface area contributed by atoms with Crippen LogP contribution in [0.4, 0.5) is 5.69 Å². The van der Waals surface area contributed by atoms with Crippen LogP contribution in [-0.4, -0.2) is 16.7 Å². The molecule has 1 atom stereocenters. The van der Waals surface area contributed by atoms with Crippen LogP contribution in [0.25, 0.3) is 0 Å². The number of halogens is 1. The molecule has 136 valence electrons. The number of furan rings is 1. The zero-order valence-corrected chi connectivity index (χ0v) is 14.9. The molecule has 0 saturated carbocycles. The number of benzene rings is 1. The van der Waals surface area contributed by atoms with Gasteiger partial charge in [0.1, 0.15) is 11.3 Å². The van der Waals surface area contributed by atoms with Crippen molar-refractivity contribution in [2.75, 3.05) is 5.32 Å². The van der Waals surface area contributed by atoms with Crippen LogP contribution in [0.5, 0.6) is 0 Å². The first kappa shape index (κ1) is 17.3. The maximum Gasteiger partial charge on any atom is 0.261 e. The van der Waals surface area contributed by atoms with E-state index in [0.717, 1.165) is 0 Å². The molecule has 0 spiro atoms. The summed E-state index contributed by atoms with van der Waals surface area (Å²) in [6.07, 6.45) is 2.29. The van der Waals surface area contributed by atoms with Gasteiger partial charge in [0, 0.05) is 34.3 Å². The Hall–Kier alpha value is -3.12. The van der Waals surface area contributed by atoms with Crippen LogP contribution in [-0.2, 0) is 6.42 Å². The van der Waals surface area contributed by atoms with Gasteiger partial charge in [0.25, 0.3) is 11.5 Å². The molecule has 0 bridgehead atoms. The van der Waals surface area contributed by atoms with Gasteiger partial charge in [0.2, 0.25) is 0 Å². The number of aromatic amines is 1. The normalized spacial score (nSPS) is 16.0. The lowest BCUT2D eigenvalue weighted by molar-refractivity contribution is 0.0959. The molecule has 2 heterocycles. The molecule has 4 rings (SSSR count). The fourth-order valence-corrected chi connectivity index (χ4v) is 3.48. The first-order valence-electron chi connectivity index (χ1n) is 8.41. The van der Waals surface area contributed by atoms with Crippen molar-refractivity contribution in [3.63, 3.8) is 0 Å². The molecule has 1 aromatic carbocycles. The predicted molar refractivity (Wildman–Crippen MR) is 101 cm³/mol. The van der Waals surface area contributed by atoms with E-state index in [0.29, 0.717) is 34.1 Å². The summed E-state index contributed by atoms with van der Waals surface area (Å²) in [6, 6.07) is 11.6. The van der Waals surface area contributed by atoms with Crippen molar-refractivity contribution in [3.8, 4) is 0 Å². The highest BCUT2D eigenvalue weighted by atomic mass is 35.5. The lowest BCUT2D eigenvalue weighted by Crippen LogP contribution is -2.29. The fraction of sp³-hybridized carbons (Fsp3) is 0.150. The topological polar surface area (TPSA) is 92.2 Å². The molecule has 1 amide bonds. The first-order valence-corrected chi connectivity index (χ1v) is 8.79. The van der Waals surface area contributed by atoms with Crippen molar-refractivity contribution < 1.29 is 14.0 Å². The third-order valence-electron chi connectivity index (χ3n) is 4.58. The Morgan fingerprint density at radius 3 is 2.74 bits per heavy atom. The van der Waals surface area contributed by atoms with Crippen molar-refractivity contribution in [1.82, 2.24) is 4.98 Å². The van der Waals surface area contributed by atoms with Crippen molar-refractivity contribution in [2.24, 2.45) is 0 Å². The van der Waals surface area contributed by atoms with Crippen LogP contribution < -0.4 is 10.9 Å². The molecule has 0 aliphatic heterocycles. The third-order valence-corrected chi connectivity index (χ3v) is 4.81. The number of hydrogen-bond acceptors (Lipinski definition) is 4. The molecule has 0 unspecified atom stereocenters. The van der Waals surface area contributed by atoms with Crippen molar-refractivity contribution in [2.45, 2.75) is 18.8 Å². The van der Waals surface area contributed by atoms with Gasteiger partial charge < -0.3 is 14.7 Å². The second-order valence-corrected chi connectivity index (χ2v) is 6.85. The van der Waals surface area contributed by atoms with E-state index in [2.05, 4.69) is 10.3 Å². The van der Waals surface area contributed by atoms with Crippen molar-refractivity contribution in [1.29, 1.82) is 0 Å². The Morgan fingerprint density at radius 2 is 2.00 bits per heavy atom. The zero-order valence-electron chi connectivity index (χ0n) is 14.1. The Morgan fingerprint density at radius 1 is 1.15 bits per heavy atom. The summed E-state index contributed by atoms with van der Waals surface area (Å²) in [7, 11) is 0. The smallest absolute Gasteiger partial charge is 0.261 e. The van der Waals surface area contributed by atoms with E-state index >= 15 is 0 Å². The van der Waals surface area contributed by atoms with Gasteiger partial charge in [0.05, 0.1) is 6.26 Å². The van der Waals surface area contributed by atoms with E-state index < -0.39 is 11.5 Å². The van der Waals surface area contributed by atoms with Gasteiger partial charge in [-0.2, -0.15) is 0 Å². The number of carbonyl (C=O) groups is 2. The van der Waals surface area contributed by atoms with Crippen LogP contribution in [0.1, 0.15) is 44.5 Å². The SMILES string of the molecule is O=C1C[C@@H](c2ccco2)Cc2[nH]c(=O)c(C(=O)Nc3cccc(Cl)c3)cc21. The van der Waals surface area contributed by atoms with Crippen LogP contribution in [0.15, 0.2) is 57.9 Å². The quantitative estimate of drug-likeness (QED) is 0.720. The van der Waals surface area contributed by atoms with Gasteiger partial charge in [-0.05, 0) is 42.8 Å². The number of rotatable bonds is 3. The number of ketones is 1. The molecule has 0 fully saturated rings. The Labute approximate surface area is 159 Å². The maximum atomic E-state index is 12.6. The number of carbonyl (C=O) groups excluding carboxylic acids is 2. The predicted octanol–water partition coefficient (Wildman–Crippen LogP) is 3.79. The first-order chi connectivity index (χ1) is 13.0. The van der Waals surface area contributed by atoms with E-state index in [1.54, 1.807) is 36.6 Å². The lowest BCUT2D eigenvalue weighted by Gasteiger charge is -2.22. The van der Waals surface area contributed by atoms with Gasteiger partial charge in [-0.15, -0.1) is 0 Å². The van der Waals surface area contributed by atoms with Crippen LogP contribution >= 0.6 is 11.6 Å². The van der Waals surface area contributed by atoms with Gasteiger partial charge in [-0.25, -0.2) is 0 Å². The summed E-state index contributed by atoms with van der Waals surface area (Å²) in [5.74, 6) is -0.146. The molecule has 7 heteroatoms. The van der Waals surface area contributed by atoms with Gasteiger partial charge in [-0.3, -0.25) is 14.4 Å². The minimum atomic E-state index is -0.595. The van der Waals surface area contributed by atoms with Crippen molar-refractivity contribution in [3.05, 3.63) is 86.7 Å². The third kappa shape index (κ3) is 3.44. The van der Waals surface area contributed by atoms with Crippen LogP contribution in [0.2, 0.25) is 5.02 Å². The number of Topliss-reactive ketones (excluding diaryl/α,β-unsaturated/α-hetero) is 1. The molecule has 27 heavy (non-hydrogen) atoms. The highest BCUT2D eigenvalue weighted by Gasteiger charge is 2.30. The molecule has 0 radical (unpaired) electrons. The highest BCUT2D eigenvalue weighted by Crippen LogP contribution is 2.31. The summed E-state index contributed by atoms with van der Waals surface area (Å²) in [6.45, 7) is 0. The number of pyridine rings is 1. The molecule has 2 aromatic heterocycles. The molecular weight excluding hydrogens is 368 g/mol. The van der Waals surface area contributed by atoms with Crippen LogP contribution in [0, 0.1) is 0 Å². The number of hydrogen-bond donors (Lipinski definition) is 2. The number of amides is 1. The van der Waals surface area contributed by atoms with E-state index in [1.165, 1.54) is 6.07 Å². The van der Waals surface area contributed by atoms with Gasteiger partial charge in [-0.1, -0.05) is 17.7 Å². The second kappa shape index (κ2) is 6.89. The Balaban J connectivity index is 1.63. The van der Waals surface area contributed by atoms with E-state index in [-0.39, 0.29) is 23.7 Å². The molecular formula is C20H15ClN2O4. The summed E-state index contributed by atoms with van der Waals surface area (Å²) in [5, 5.41) is 3.09.